The molecule has 6 nitrogen and oxygen atoms in total. The van der Waals surface area contributed by atoms with E-state index in [4.69, 9.17) is 15.7 Å². The maximum Gasteiger partial charge on any atom is 0.407 e. The molecule has 0 atom stereocenters. The van der Waals surface area contributed by atoms with E-state index < -0.39 is 11.6 Å². The maximum absolute atomic E-state index is 11.9. The summed E-state index contributed by atoms with van der Waals surface area (Å²) >= 11 is 0. The third-order valence-corrected chi connectivity index (χ3v) is 3.69. The van der Waals surface area contributed by atoms with Crippen LogP contribution in [0.15, 0.2) is 5.16 Å². The highest BCUT2D eigenvalue weighted by Crippen LogP contribution is 2.27. The Hall–Kier alpha value is -1.46. The van der Waals surface area contributed by atoms with Gasteiger partial charge in [-0.1, -0.05) is 51.1 Å². The van der Waals surface area contributed by atoms with E-state index in [1.807, 2.05) is 13.8 Å². The molecule has 1 amide bonds. The monoisotopic (exact) mass is 285 g/mol. The zero-order valence-corrected chi connectivity index (χ0v) is 12.5. The zero-order chi connectivity index (χ0) is 15.0. The first-order valence-corrected chi connectivity index (χ1v) is 7.43. The smallest absolute Gasteiger partial charge is 0.407 e. The molecule has 0 aromatic heterocycles. The lowest BCUT2D eigenvalue weighted by molar-refractivity contribution is 0.122. The molecule has 0 spiro atoms. The zero-order valence-electron chi connectivity index (χ0n) is 12.5. The Morgan fingerprint density at radius 3 is 2.35 bits per heavy atom. The SMILES string of the molecule is CC(C)COC(=O)NC1(/C(N)=N/O)CCCCCCC1. The number of oxime groups is 1. The first kappa shape index (κ1) is 16.6. The van der Waals surface area contributed by atoms with Crippen LogP contribution >= 0.6 is 0 Å². The maximum atomic E-state index is 11.9. The predicted molar refractivity (Wildman–Crippen MR) is 77.8 cm³/mol. The molecule has 0 radical (unpaired) electrons. The third-order valence-electron chi connectivity index (χ3n) is 3.69. The fraction of sp³-hybridized carbons (Fsp3) is 0.857. The lowest BCUT2D eigenvalue weighted by atomic mass is 9.83. The molecular weight excluding hydrogens is 258 g/mol. The average Bonchev–Trinajstić information content (AvgIpc) is 2.38. The molecule has 1 fully saturated rings. The van der Waals surface area contributed by atoms with Crippen molar-refractivity contribution in [2.75, 3.05) is 6.61 Å². The second-order valence-corrected chi connectivity index (χ2v) is 5.95. The lowest BCUT2D eigenvalue weighted by Crippen LogP contribution is -2.58. The Bertz CT molecular complexity index is 335. The van der Waals surface area contributed by atoms with Gasteiger partial charge in [0.15, 0.2) is 5.84 Å². The van der Waals surface area contributed by atoms with Crippen LogP contribution < -0.4 is 11.1 Å². The second kappa shape index (κ2) is 7.97. The quantitative estimate of drug-likeness (QED) is 0.320. The summed E-state index contributed by atoms with van der Waals surface area (Å²) in [6.07, 6.45) is 6.16. The van der Waals surface area contributed by atoms with E-state index in [0.29, 0.717) is 19.4 Å². The van der Waals surface area contributed by atoms with Crippen molar-refractivity contribution < 1.29 is 14.7 Å². The Labute approximate surface area is 120 Å². The number of carbonyl (C=O) groups is 1. The van der Waals surface area contributed by atoms with Crippen LogP contribution in [0.3, 0.4) is 0 Å². The van der Waals surface area contributed by atoms with E-state index in [0.717, 1.165) is 25.7 Å². The highest BCUT2D eigenvalue weighted by atomic mass is 16.5. The van der Waals surface area contributed by atoms with Crippen molar-refractivity contribution in [2.45, 2.75) is 64.3 Å². The van der Waals surface area contributed by atoms with Gasteiger partial charge < -0.3 is 21.0 Å². The van der Waals surface area contributed by atoms with Gasteiger partial charge in [-0.2, -0.15) is 0 Å². The van der Waals surface area contributed by atoms with E-state index in [1.165, 1.54) is 6.42 Å². The van der Waals surface area contributed by atoms with Crippen molar-refractivity contribution in [1.82, 2.24) is 5.32 Å². The van der Waals surface area contributed by atoms with Crippen LogP contribution in [0, 0.1) is 5.92 Å². The molecule has 0 saturated heterocycles. The summed E-state index contributed by atoms with van der Waals surface area (Å²) in [7, 11) is 0. The van der Waals surface area contributed by atoms with Gasteiger partial charge in [0.1, 0.15) is 5.54 Å². The van der Waals surface area contributed by atoms with Crippen molar-refractivity contribution in [3.8, 4) is 0 Å². The molecule has 0 aromatic rings. The normalized spacial score (nSPS) is 20.1. The summed E-state index contributed by atoms with van der Waals surface area (Å²) in [6.45, 7) is 4.31. The van der Waals surface area contributed by atoms with Crippen molar-refractivity contribution in [3.05, 3.63) is 0 Å². The summed E-state index contributed by atoms with van der Waals surface area (Å²) in [4.78, 5) is 11.9. The predicted octanol–water partition coefficient (Wildman–Crippen LogP) is 2.60. The summed E-state index contributed by atoms with van der Waals surface area (Å²) in [5.74, 6) is 0.346. The molecule has 0 bridgehead atoms. The molecule has 1 saturated carbocycles. The Morgan fingerprint density at radius 1 is 1.30 bits per heavy atom. The van der Waals surface area contributed by atoms with Crippen LogP contribution in [0.5, 0.6) is 0 Å². The summed E-state index contributed by atoms with van der Waals surface area (Å²) in [5.41, 5.74) is 5.06. The van der Waals surface area contributed by atoms with E-state index >= 15 is 0 Å². The molecule has 1 aliphatic carbocycles. The molecule has 1 aliphatic rings. The molecule has 1 rings (SSSR count). The number of nitrogens with one attached hydrogen (secondary N) is 1. The molecule has 20 heavy (non-hydrogen) atoms. The highest BCUT2D eigenvalue weighted by molar-refractivity contribution is 5.92. The molecular formula is C14H27N3O3. The largest absolute Gasteiger partial charge is 0.449 e. The van der Waals surface area contributed by atoms with Crippen LogP contribution in [-0.2, 0) is 4.74 Å². The minimum absolute atomic E-state index is 0.0703. The van der Waals surface area contributed by atoms with Gasteiger partial charge in [0.2, 0.25) is 0 Å². The average molecular weight is 285 g/mol. The number of ether oxygens (including phenoxy) is 1. The van der Waals surface area contributed by atoms with E-state index in [9.17, 15) is 4.79 Å². The number of amides is 1. The fourth-order valence-electron chi connectivity index (χ4n) is 2.52. The van der Waals surface area contributed by atoms with Gasteiger partial charge in [0.25, 0.3) is 0 Å². The number of nitrogens with zero attached hydrogens (tertiary/aromatic N) is 1. The summed E-state index contributed by atoms with van der Waals surface area (Å²) in [5, 5.41) is 15.0. The van der Waals surface area contributed by atoms with Gasteiger partial charge in [-0.15, -0.1) is 0 Å². The minimum Gasteiger partial charge on any atom is -0.449 e. The number of alkyl carbamates (subject to hydrolysis) is 1. The molecule has 0 aromatic carbocycles. The Kier molecular flexibility index (Phi) is 6.61. The van der Waals surface area contributed by atoms with Gasteiger partial charge in [-0.05, 0) is 18.8 Å². The first-order chi connectivity index (χ1) is 9.50. The number of carbonyl (C=O) groups excluding carboxylic acids is 1. The first-order valence-electron chi connectivity index (χ1n) is 7.43. The fourth-order valence-corrected chi connectivity index (χ4v) is 2.52. The number of nitrogens with two attached hydrogens (primary N) is 1. The number of amidine groups is 1. The Balaban J connectivity index is 2.74. The second-order valence-electron chi connectivity index (χ2n) is 5.95. The molecule has 6 heteroatoms. The highest BCUT2D eigenvalue weighted by Gasteiger charge is 2.37. The molecule has 4 N–H and O–H groups in total. The number of hydrogen-bond acceptors (Lipinski definition) is 4. The molecule has 116 valence electrons. The van der Waals surface area contributed by atoms with Crippen LogP contribution in [-0.4, -0.2) is 29.3 Å². The van der Waals surface area contributed by atoms with Gasteiger partial charge in [0.05, 0.1) is 6.61 Å². The summed E-state index contributed by atoms with van der Waals surface area (Å²) in [6, 6.07) is 0. The van der Waals surface area contributed by atoms with E-state index in [1.54, 1.807) is 0 Å². The molecule has 0 aliphatic heterocycles. The third kappa shape index (κ3) is 4.90. The summed E-state index contributed by atoms with van der Waals surface area (Å²) < 4.78 is 5.16. The van der Waals surface area contributed by atoms with Crippen LogP contribution in [0.4, 0.5) is 4.79 Å². The number of hydrogen-bond donors (Lipinski definition) is 3. The van der Waals surface area contributed by atoms with Crippen LogP contribution in [0.2, 0.25) is 0 Å². The standard InChI is InChI=1S/C14H27N3O3/c1-11(2)10-20-13(18)16-14(12(15)17-19)8-6-4-3-5-7-9-14/h11,19H,3-10H2,1-2H3,(H2,15,17)(H,16,18). The Morgan fingerprint density at radius 2 is 1.85 bits per heavy atom. The minimum atomic E-state index is -0.775. The topological polar surface area (TPSA) is 96.9 Å². The van der Waals surface area contributed by atoms with Gasteiger partial charge in [0, 0.05) is 0 Å². The van der Waals surface area contributed by atoms with Crippen molar-refractivity contribution in [3.63, 3.8) is 0 Å². The lowest BCUT2D eigenvalue weighted by Gasteiger charge is -2.34. The van der Waals surface area contributed by atoms with Crippen molar-refractivity contribution >= 4 is 11.9 Å². The molecule has 0 heterocycles. The van der Waals surface area contributed by atoms with Crippen LogP contribution in [0.25, 0.3) is 0 Å². The van der Waals surface area contributed by atoms with Crippen molar-refractivity contribution in [2.24, 2.45) is 16.8 Å². The molecule has 0 unspecified atom stereocenters. The van der Waals surface area contributed by atoms with E-state index in [2.05, 4.69) is 10.5 Å². The van der Waals surface area contributed by atoms with E-state index in [-0.39, 0.29) is 11.8 Å². The van der Waals surface area contributed by atoms with Gasteiger partial charge in [-0.3, -0.25) is 0 Å². The van der Waals surface area contributed by atoms with Crippen molar-refractivity contribution in [1.29, 1.82) is 0 Å². The van der Waals surface area contributed by atoms with Gasteiger partial charge >= 0.3 is 6.09 Å². The number of rotatable bonds is 4. The van der Waals surface area contributed by atoms with Gasteiger partial charge in [-0.25, -0.2) is 4.79 Å². The van der Waals surface area contributed by atoms with Crippen LogP contribution in [0.1, 0.15) is 58.8 Å².